The lowest BCUT2D eigenvalue weighted by atomic mass is 10.0. The van der Waals surface area contributed by atoms with Gasteiger partial charge in [-0.05, 0) is 61.5 Å². The minimum atomic E-state index is 0.0955. The van der Waals surface area contributed by atoms with Gasteiger partial charge in [-0.15, -0.1) is 5.10 Å². The Morgan fingerprint density at radius 2 is 2.06 bits per heavy atom. The molecule has 2 rings (SSSR count). The van der Waals surface area contributed by atoms with Crippen molar-refractivity contribution in [1.29, 1.82) is 0 Å². The average Bonchev–Trinajstić information content (AvgIpc) is 2.74. The van der Waals surface area contributed by atoms with Crippen molar-refractivity contribution in [3.8, 4) is 0 Å². The zero-order valence-electron chi connectivity index (χ0n) is 11.5. The number of rotatable bonds is 4. The van der Waals surface area contributed by atoms with Crippen molar-refractivity contribution < 1.29 is 0 Å². The molecule has 2 heterocycles. The molecule has 1 aromatic heterocycles. The molecule has 0 unspecified atom stereocenters. The lowest BCUT2D eigenvalue weighted by Gasteiger charge is -2.22. The maximum atomic E-state index is 4.12. The molecule has 0 amide bonds. The number of aromatic nitrogens is 4. The Morgan fingerprint density at radius 1 is 1.33 bits per heavy atom. The van der Waals surface area contributed by atoms with Crippen molar-refractivity contribution in [3.05, 3.63) is 5.82 Å². The van der Waals surface area contributed by atoms with Crippen LogP contribution in [0.15, 0.2) is 0 Å². The van der Waals surface area contributed by atoms with Crippen LogP contribution in [-0.2, 0) is 13.1 Å². The summed E-state index contributed by atoms with van der Waals surface area (Å²) in [4.78, 5) is 0. The largest absolute Gasteiger partial charge is 0.305 e. The third-order valence-corrected chi connectivity index (χ3v) is 4.20. The highest BCUT2D eigenvalue weighted by Gasteiger charge is 2.18. The highest BCUT2D eigenvalue weighted by Crippen LogP contribution is 2.23. The quantitative estimate of drug-likeness (QED) is 0.901. The van der Waals surface area contributed by atoms with Crippen molar-refractivity contribution in [2.24, 2.45) is 5.92 Å². The second kappa shape index (κ2) is 6.02. The predicted molar refractivity (Wildman–Crippen MR) is 74.5 cm³/mol. The Labute approximate surface area is 113 Å². The summed E-state index contributed by atoms with van der Waals surface area (Å²) < 4.78 is 1.97. The summed E-state index contributed by atoms with van der Waals surface area (Å²) in [6, 6.07) is 0. The maximum absolute atomic E-state index is 4.12. The molecule has 18 heavy (non-hydrogen) atoms. The molecule has 0 bridgehead atoms. The molecule has 102 valence electrons. The molecule has 1 saturated heterocycles. The van der Waals surface area contributed by atoms with Crippen LogP contribution in [0.25, 0.3) is 0 Å². The molecule has 0 saturated carbocycles. The lowest BCUT2D eigenvalue weighted by molar-refractivity contribution is 0.364. The average molecular weight is 269 g/mol. The minimum Gasteiger partial charge on any atom is -0.305 e. The molecule has 1 fully saturated rings. The number of thioether (sulfide) groups is 1. The predicted octanol–water partition coefficient (Wildman–Crippen LogP) is 1.70. The second-order valence-corrected chi connectivity index (χ2v) is 7.16. The smallest absolute Gasteiger partial charge is 0.165 e. The minimum absolute atomic E-state index is 0.0955. The zero-order chi connectivity index (χ0) is 13.0. The molecule has 1 aromatic rings. The van der Waals surface area contributed by atoms with E-state index in [1.807, 2.05) is 4.68 Å². The van der Waals surface area contributed by atoms with Gasteiger partial charge < -0.3 is 5.32 Å². The van der Waals surface area contributed by atoms with Crippen LogP contribution < -0.4 is 5.32 Å². The molecule has 0 aliphatic carbocycles. The van der Waals surface area contributed by atoms with E-state index in [9.17, 15) is 0 Å². The Hall–Kier alpha value is -0.620. The second-order valence-electron chi connectivity index (χ2n) is 5.94. The molecule has 1 N–H and O–H groups in total. The summed E-state index contributed by atoms with van der Waals surface area (Å²) in [6.45, 7) is 8.16. The first kappa shape index (κ1) is 13.8. The van der Waals surface area contributed by atoms with E-state index in [-0.39, 0.29) is 5.54 Å². The molecule has 5 nitrogen and oxygen atoms in total. The summed E-state index contributed by atoms with van der Waals surface area (Å²) in [5, 5.41) is 15.5. The van der Waals surface area contributed by atoms with Gasteiger partial charge in [-0.1, -0.05) is 0 Å². The van der Waals surface area contributed by atoms with E-state index in [1.165, 1.54) is 24.3 Å². The van der Waals surface area contributed by atoms with E-state index < -0.39 is 0 Å². The van der Waals surface area contributed by atoms with Crippen molar-refractivity contribution in [2.75, 3.05) is 11.5 Å². The van der Waals surface area contributed by atoms with Gasteiger partial charge in [0.2, 0.25) is 0 Å². The van der Waals surface area contributed by atoms with Crippen LogP contribution >= 0.6 is 11.8 Å². The topological polar surface area (TPSA) is 55.6 Å². The van der Waals surface area contributed by atoms with E-state index in [0.29, 0.717) is 0 Å². The van der Waals surface area contributed by atoms with Crippen LogP contribution in [0.4, 0.5) is 0 Å². The van der Waals surface area contributed by atoms with Crippen LogP contribution in [0.5, 0.6) is 0 Å². The van der Waals surface area contributed by atoms with Crippen molar-refractivity contribution in [3.63, 3.8) is 0 Å². The number of nitrogens with one attached hydrogen (secondary N) is 1. The van der Waals surface area contributed by atoms with E-state index in [0.717, 1.165) is 24.8 Å². The lowest BCUT2D eigenvalue weighted by Crippen LogP contribution is -2.36. The first-order valence-electron chi connectivity index (χ1n) is 6.62. The summed E-state index contributed by atoms with van der Waals surface area (Å²) in [5.74, 6) is 4.25. The number of hydrogen-bond acceptors (Lipinski definition) is 5. The standard InChI is InChI=1S/C12H23N5S/c1-12(2,3)13-8-11-14-15-16-17(11)9-10-4-6-18-7-5-10/h10,13H,4-9H2,1-3H3. The molecule has 1 aliphatic rings. The number of nitrogens with zero attached hydrogens (tertiary/aromatic N) is 4. The fraction of sp³-hybridized carbons (Fsp3) is 0.917. The first-order valence-corrected chi connectivity index (χ1v) is 7.78. The van der Waals surface area contributed by atoms with Gasteiger partial charge in [-0.25, -0.2) is 4.68 Å². The van der Waals surface area contributed by atoms with Crippen LogP contribution in [0.1, 0.15) is 39.4 Å². The van der Waals surface area contributed by atoms with Crippen molar-refractivity contribution in [2.45, 2.75) is 52.2 Å². The molecule has 0 radical (unpaired) electrons. The van der Waals surface area contributed by atoms with Gasteiger partial charge in [-0.3, -0.25) is 0 Å². The first-order chi connectivity index (χ1) is 8.54. The Bertz CT molecular complexity index is 365. The normalized spacial score (nSPS) is 18.2. The third-order valence-electron chi connectivity index (χ3n) is 3.15. The summed E-state index contributed by atoms with van der Waals surface area (Å²) in [5.41, 5.74) is 0.0955. The molecule has 0 aromatic carbocycles. The van der Waals surface area contributed by atoms with Gasteiger partial charge in [0.25, 0.3) is 0 Å². The summed E-state index contributed by atoms with van der Waals surface area (Å²) in [7, 11) is 0. The molecule has 0 spiro atoms. The van der Waals surface area contributed by atoms with Gasteiger partial charge >= 0.3 is 0 Å². The fourth-order valence-electron chi connectivity index (χ4n) is 2.01. The SMILES string of the molecule is CC(C)(C)NCc1nnnn1CC1CCSCC1. The van der Waals surface area contributed by atoms with Gasteiger partial charge in [0, 0.05) is 12.1 Å². The third kappa shape index (κ3) is 4.24. The fourth-order valence-corrected chi connectivity index (χ4v) is 3.21. The molecular weight excluding hydrogens is 246 g/mol. The Balaban J connectivity index is 1.90. The van der Waals surface area contributed by atoms with E-state index in [4.69, 9.17) is 0 Å². The van der Waals surface area contributed by atoms with Gasteiger partial charge in [0.1, 0.15) is 0 Å². The molecular formula is C12H23N5S. The Kier molecular flexibility index (Phi) is 4.61. The van der Waals surface area contributed by atoms with E-state index >= 15 is 0 Å². The summed E-state index contributed by atoms with van der Waals surface area (Å²) >= 11 is 2.06. The van der Waals surface area contributed by atoms with Crippen LogP contribution in [0.3, 0.4) is 0 Å². The molecule has 1 aliphatic heterocycles. The summed E-state index contributed by atoms with van der Waals surface area (Å²) in [6.07, 6.45) is 2.58. The highest BCUT2D eigenvalue weighted by molar-refractivity contribution is 7.99. The van der Waals surface area contributed by atoms with Gasteiger partial charge in [-0.2, -0.15) is 11.8 Å². The maximum Gasteiger partial charge on any atom is 0.165 e. The number of tetrazole rings is 1. The van der Waals surface area contributed by atoms with Gasteiger partial charge in [0.15, 0.2) is 5.82 Å². The zero-order valence-corrected chi connectivity index (χ0v) is 12.3. The van der Waals surface area contributed by atoms with E-state index in [1.54, 1.807) is 0 Å². The van der Waals surface area contributed by atoms with Gasteiger partial charge in [0.05, 0.1) is 6.54 Å². The van der Waals surface area contributed by atoms with Crippen molar-refractivity contribution >= 4 is 11.8 Å². The Morgan fingerprint density at radius 3 is 2.72 bits per heavy atom. The monoisotopic (exact) mass is 269 g/mol. The molecule has 6 heteroatoms. The van der Waals surface area contributed by atoms with Crippen LogP contribution in [0, 0.1) is 5.92 Å². The van der Waals surface area contributed by atoms with Crippen LogP contribution in [0.2, 0.25) is 0 Å². The number of hydrogen-bond donors (Lipinski definition) is 1. The van der Waals surface area contributed by atoms with Crippen molar-refractivity contribution in [1.82, 2.24) is 25.5 Å². The van der Waals surface area contributed by atoms with E-state index in [2.05, 4.69) is 53.4 Å². The molecule has 0 atom stereocenters. The van der Waals surface area contributed by atoms with Crippen LogP contribution in [-0.4, -0.2) is 37.3 Å². The highest BCUT2D eigenvalue weighted by atomic mass is 32.2.